The maximum atomic E-state index is 13.0. The highest BCUT2D eigenvalue weighted by molar-refractivity contribution is 9.10. The molecule has 0 spiro atoms. The Morgan fingerprint density at radius 2 is 1.61 bits per heavy atom. The zero-order valence-electron chi connectivity index (χ0n) is 14.8. The van der Waals surface area contributed by atoms with Gasteiger partial charge in [-0.05, 0) is 66.6 Å². The average molecular weight is 457 g/mol. The molecule has 0 saturated carbocycles. The molecule has 7 heteroatoms. The van der Waals surface area contributed by atoms with Gasteiger partial charge < -0.3 is 5.32 Å². The van der Waals surface area contributed by atoms with Crippen LogP contribution in [0.2, 0.25) is 0 Å². The predicted molar refractivity (Wildman–Crippen MR) is 113 cm³/mol. The van der Waals surface area contributed by atoms with Gasteiger partial charge in [-0.2, -0.15) is 0 Å². The first kappa shape index (κ1) is 18.7. The number of fused-ring (bicyclic) bond motifs is 1. The molecular weight excluding hydrogens is 440 g/mol. The summed E-state index contributed by atoms with van der Waals surface area (Å²) in [6, 6.07) is 20.8. The van der Waals surface area contributed by atoms with Crippen LogP contribution in [0, 0.1) is 0 Å². The van der Waals surface area contributed by atoms with E-state index in [2.05, 4.69) is 21.2 Å². The van der Waals surface area contributed by atoms with Gasteiger partial charge in [0, 0.05) is 22.3 Å². The van der Waals surface area contributed by atoms with Gasteiger partial charge in [-0.1, -0.05) is 34.1 Å². The van der Waals surface area contributed by atoms with E-state index in [-0.39, 0.29) is 10.8 Å². The van der Waals surface area contributed by atoms with Gasteiger partial charge in [0.1, 0.15) is 0 Å². The largest absolute Gasteiger partial charge is 0.322 e. The highest BCUT2D eigenvalue weighted by atomic mass is 79.9. The van der Waals surface area contributed by atoms with Crippen molar-refractivity contribution < 1.29 is 13.2 Å². The van der Waals surface area contributed by atoms with Crippen LogP contribution in [-0.4, -0.2) is 20.9 Å². The molecule has 1 N–H and O–H groups in total. The fraction of sp³-hybridized carbons (Fsp3) is 0.0952. The van der Waals surface area contributed by atoms with Crippen molar-refractivity contribution in [3.63, 3.8) is 0 Å². The van der Waals surface area contributed by atoms with Crippen molar-refractivity contribution in [2.24, 2.45) is 0 Å². The molecule has 0 radical (unpaired) electrons. The van der Waals surface area contributed by atoms with Crippen LogP contribution in [0.25, 0.3) is 0 Å². The molecular formula is C21H17BrN2O3S. The molecule has 4 rings (SSSR count). The van der Waals surface area contributed by atoms with Crippen LogP contribution in [0.1, 0.15) is 15.9 Å². The predicted octanol–water partition coefficient (Wildman–Crippen LogP) is 4.45. The highest BCUT2D eigenvalue weighted by Crippen LogP contribution is 2.32. The summed E-state index contributed by atoms with van der Waals surface area (Å²) in [6.45, 7) is 0.434. The molecule has 1 heterocycles. The van der Waals surface area contributed by atoms with Crippen LogP contribution in [0.5, 0.6) is 0 Å². The lowest BCUT2D eigenvalue weighted by atomic mass is 10.2. The number of hydrogen-bond donors (Lipinski definition) is 1. The van der Waals surface area contributed by atoms with E-state index in [4.69, 9.17) is 0 Å². The minimum atomic E-state index is -3.64. The monoisotopic (exact) mass is 456 g/mol. The van der Waals surface area contributed by atoms with Crippen LogP contribution >= 0.6 is 15.9 Å². The summed E-state index contributed by atoms with van der Waals surface area (Å²) in [7, 11) is -3.64. The number of benzene rings is 3. The molecule has 1 aliphatic heterocycles. The summed E-state index contributed by atoms with van der Waals surface area (Å²) < 4.78 is 28.4. The topological polar surface area (TPSA) is 66.5 Å². The average Bonchev–Trinajstić information content (AvgIpc) is 3.14. The number of nitrogens with one attached hydrogen (secondary N) is 1. The van der Waals surface area contributed by atoms with Crippen LogP contribution in [0.4, 0.5) is 11.4 Å². The summed E-state index contributed by atoms with van der Waals surface area (Å²) in [6.07, 6.45) is 0.705. The minimum absolute atomic E-state index is 0.200. The van der Waals surface area contributed by atoms with Gasteiger partial charge in [-0.25, -0.2) is 8.42 Å². The van der Waals surface area contributed by atoms with Crippen molar-refractivity contribution in [3.05, 3.63) is 88.4 Å². The van der Waals surface area contributed by atoms with Crippen LogP contribution in [-0.2, 0) is 16.4 Å². The number of amides is 1. The summed E-state index contributed by atoms with van der Waals surface area (Å²) >= 11 is 3.33. The second-order valence-corrected chi connectivity index (χ2v) is 9.22. The van der Waals surface area contributed by atoms with Crippen LogP contribution in [0.15, 0.2) is 82.2 Å². The SMILES string of the molecule is O=C(Nc1ccc(S(=O)(=O)N2CCc3ccccc32)cc1)c1ccc(Br)cc1. The van der Waals surface area contributed by atoms with Gasteiger partial charge in [0.05, 0.1) is 10.6 Å². The third kappa shape index (κ3) is 3.55. The minimum Gasteiger partial charge on any atom is -0.322 e. The maximum Gasteiger partial charge on any atom is 0.264 e. The summed E-state index contributed by atoms with van der Waals surface area (Å²) in [5, 5.41) is 2.78. The Bertz CT molecular complexity index is 1130. The van der Waals surface area contributed by atoms with Gasteiger partial charge in [0.15, 0.2) is 0 Å². The standard InChI is InChI=1S/C21H17BrN2O3S/c22-17-7-5-16(6-8-17)21(25)23-18-9-11-19(12-10-18)28(26,27)24-14-13-15-3-1-2-4-20(15)24/h1-12H,13-14H2,(H,23,25). The number of anilines is 2. The number of carbonyl (C=O) groups is 1. The Morgan fingerprint density at radius 1 is 0.929 bits per heavy atom. The van der Waals surface area contributed by atoms with E-state index < -0.39 is 10.0 Å². The van der Waals surface area contributed by atoms with Gasteiger partial charge in [-0.15, -0.1) is 0 Å². The van der Waals surface area contributed by atoms with Gasteiger partial charge in [-0.3, -0.25) is 9.10 Å². The molecule has 3 aromatic rings. The number of para-hydroxylation sites is 1. The summed E-state index contributed by atoms with van der Waals surface area (Å²) in [5.74, 6) is -0.253. The fourth-order valence-electron chi connectivity index (χ4n) is 3.20. The third-order valence-electron chi connectivity index (χ3n) is 4.65. The number of carbonyl (C=O) groups excluding carboxylic acids is 1. The Morgan fingerprint density at radius 3 is 2.32 bits per heavy atom. The number of halogens is 1. The van der Waals surface area contributed by atoms with Gasteiger partial charge in [0.2, 0.25) is 0 Å². The molecule has 0 fully saturated rings. The van der Waals surface area contributed by atoms with E-state index in [1.807, 2.05) is 24.3 Å². The lowest BCUT2D eigenvalue weighted by Crippen LogP contribution is -2.29. The lowest BCUT2D eigenvalue weighted by Gasteiger charge is -2.19. The second kappa shape index (κ2) is 7.41. The molecule has 1 aliphatic rings. The zero-order chi connectivity index (χ0) is 19.7. The summed E-state index contributed by atoms with van der Waals surface area (Å²) in [5.41, 5.74) is 2.82. The lowest BCUT2D eigenvalue weighted by molar-refractivity contribution is 0.102. The first-order chi connectivity index (χ1) is 13.4. The molecule has 0 unspecified atom stereocenters. The molecule has 28 heavy (non-hydrogen) atoms. The van der Waals surface area contributed by atoms with Crippen molar-refractivity contribution in [1.82, 2.24) is 0 Å². The smallest absolute Gasteiger partial charge is 0.264 e. The van der Waals surface area contributed by atoms with Gasteiger partial charge >= 0.3 is 0 Å². The highest BCUT2D eigenvalue weighted by Gasteiger charge is 2.30. The Labute approximate surface area is 172 Å². The van der Waals surface area contributed by atoms with E-state index in [0.717, 1.165) is 15.7 Å². The molecule has 0 atom stereocenters. The van der Waals surface area contributed by atoms with E-state index in [1.165, 1.54) is 16.4 Å². The Kier molecular flexibility index (Phi) is 4.95. The van der Waals surface area contributed by atoms with Crippen molar-refractivity contribution >= 4 is 43.2 Å². The zero-order valence-corrected chi connectivity index (χ0v) is 17.2. The number of rotatable bonds is 4. The quantitative estimate of drug-likeness (QED) is 0.630. The van der Waals surface area contributed by atoms with Crippen molar-refractivity contribution in [3.8, 4) is 0 Å². The molecule has 0 saturated heterocycles. The number of hydrogen-bond acceptors (Lipinski definition) is 3. The molecule has 3 aromatic carbocycles. The normalized spacial score (nSPS) is 13.2. The number of nitrogens with zero attached hydrogens (tertiary/aromatic N) is 1. The fourth-order valence-corrected chi connectivity index (χ4v) is 4.97. The van der Waals surface area contributed by atoms with E-state index in [9.17, 15) is 13.2 Å². The Hall–Kier alpha value is -2.64. The van der Waals surface area contributed by atoms with Crippen molar-refractivity contribution in [1.29, 1.82) is 0 Å². The molecule has 0 aliphatic carbocycles. The second-order valence-electron chi connectivity index (χ2n) is 6.44. The molecule has 1 amide bonds. The first-order valence-electron chi connectivity index (χ1n) is 8.73. The first-order valence-corrected chi connectivity index (χ1v) is 11.0. The van der Waals surface area contributed by atoms with Crippen molar-refractivity contribution in [2.45, 2.75) is 11.3 Å². The van der Waals surface area contributed by atoms with Crippen LogP contribution in [0.3, 0.4) is 0 Å². The van der Waals surface area contributed by atoms with Crippen LogP contribution < -0.4 is 9.62 Å². The Balaban J connectivity index is 1.53. The van der Waals surface area contributed by atoms with Gasteiger partial charge in [0.25, 0.3) is 15.9 Å². The number of sulfonamides is 1. The van der Waals surface area contributed by atoms with Crippen molar-refractivity contribution in [2.75, 3.05) is 16.2 Å². The molecule has 0 bridgehead atoms. The maximum absolute atomic E-state index is 13.0. The van der Waals surface area contributed by atoms with E-state index in [0.29, 0.717) is 24.2 Å². The molecule has 142 valence electrons. The molecule has 5 nitrogen and oxygen atoms in total. The summed E-state index contributed by atoms with van der Waals surface area (Å²) in [4.78, 5) is 12.5. The van der Waals surface area contributed by atoms with E-state index >= 15 is 0 Å². The molecule has 0 aromatic heterocycles. The third-order valence-corrected chi connectivity index (χ3v) is 7.01. The van der Waals surface area contributed by atoms with E-state index in [1.54, 1.807) is 36.4 Å².